The van der Waals surface area contributed by atoms with Crippen molar-refractivity contribution >= 4 is 34.4 Å². The van der Waals surface area contributed by atoms with Gasteiger partial charge in [0, 0.05) is 18.8 Å². The van der Waals surface area contributed by atoms with Crippen molar-refractivity contribution in [3.8, 4) is 0 Å². The summed E-state index contributed by atoms with van der Waals surface area (Å²) in [6, 6.07) is 6.50. The molecule has 4 heteroatoms. The molecule has 2 rings (SSSR count). The van der Waals surface area contributed by atoms with Gasteiger partial charge in [0.15, 0.2) is 0 Å². The van der Waals surface area contributed by atoms with Gasteiger partial charge in [0.05, 0.1) is 11.0 Å². The molecule has 0 atom stereocenters. The third-order valence-electron chi connectivity index (χ3n) is 3.28. The quantitative estimate of drug-likeness (QED) is 0.561. The number of fused-ring (bicyclic) bond motifs is 1. The smallest absolute Gasteiger partial charge is 0.111 e. The number of imidazole rings is 1. The predicted octanol–water partition coefficient (Wildman–Crippen LogP) is 4.27. The number of rotatable bonds is 7. The van der Waals surface area contributed by atoms with Gasteiger partial charge in [-0.05, 0) is 49.5 Å². The van der Waals surface area contributed by atoms with E-state index >= 15 is 0 Å². The molecule has 0 radical (unpaired) electrons. The first-order chi connectivity index (χ1) is 9.26. The number of hydrogen-bond donors (Lipinski definition) is 0. The first-order valence-electron chi connectivity index (χ1n) is 6.77. The molecular weight excluding hydrogens is 276 g/mol. The van der Waals surface area contributed by atoms with Crippen LogP contribution in [0, 0.1) is 6.92 Å². The van der Waals surface area contributed by atoms with Gasteiger partial charge in [0.2, 0.25) is 0 Å². The van der Waals surface area contributed by atoms with E-state index in [1.807, 2.05) is 11.8 Å². The van der Waals surface area contributed by atoms with Crippen molar-refractivity contribution in [1.82, 2.24) is 9.55 Å². The van der Waals surface area contributed by atoms with Crippen LogP contribution < -0.4 is 0 Å². The SMILES string of the molecule is CSCCCCn1c(CCCl)nc2cc(C)ccc21. The Balaban J connectivity index is 2.24. The van der Waals surface area contributed by atoms with Crippen LogP contribution in [0.15, 0.2) is 18.2 Å². The van der Waals surface area contributed by atoms with Crippen LogP contribution in [-0.2, 0) is 13.0 Å². The van der Waals surface area contributed by atoms with E-state index in [0.717, 1.165) is 24.3 Å². The molecule has 0 bridgehead atoms. The summed E-state index contributed by atoms with van der Waals surface area (Å²) in [5.41, 5.74) is 3.61. The van der Waals surface area contributed by atoms with E-state index in [2.05, 4.69) is 35.9 Å². The standard InChI is InChI=1S/C15H21ClN2S/c1-12-5-6-14-13(11-12)17-15(7-8-16)18(14)9-3-4-10-19-2/h5-6,11H,3-4,7-10H2,1-2H3. The predicted molar refractivity (Wildman–Crippen MR) is 86.5 cm³/mol. The van der Waals surface area contributed by atoms with Crippen LogP contribution >= 0.6 is 23.4 Å². The van der Waals surface area contributed by atoms with Gasteiger partial charge in [-0.1, -0.05) is 6.07 Å². The van der Waals surface area contributed by atoms with Crippen molar-refractivity contribution in [2.24, 2.45) is 0 Å². The second kappa shape index (κ2) is 7.20. The number of alkyl halides is 1. The molecule has 104 valence electrons. The highest BCUT2D eigenvalue weighted by Gasteiger charge is 2.09. The summed E-state index contributed by atoms with van der Waals surface area (Å²) in [6.45, 7) is 3.16. The first kappa shape index (κ1) is 14.7. The average molecular weight is 297 g/mol. The monoisotopic (exact) mass is 296 g/mol. The zero-order valence-corrected chi connectivity index (χ0v) is 13.2. The van der Waals surface area contributed by atoms with Crippen LogP contribution in [-0.4, -0.2) is 27.4 Å². The molecule has 0 amide bonds. The van der Waals surface area contributed by atoms with Crippen molar-refractivity contribution in [2.75, 3.05) is 17.9 Å². The molecule has 0 saturated carbocycles. The minimum absolute atomic E-state index is 0.632. The second-order valence-corrected chi connectivity index (χ2v) is 6.17. The highest BCUT2D eigenvalue weighted by atomic mass is 35.5. The summed E-state index contributed by atoms with van der Waals surface area (Å²) in [7, 11) is 0. The molecular formula is C15H21ClN2S. The molecule has 0 spiro atoms. The van der Waals surface area contributed by atoms with E-state index in [0.29, 0.717) is 5.88 Å². The molecule has 0 aliphatic heterocycles. The molecule has 1 aromatic carbocycles. The molecule has 2 nitrogen and oxygen atoms in total. The van der Waals surface area contributed by atoms with Crippen LogP contribution in [0.1, 0.15) is 24.2 Å². The number of aromatic nitrogens is 2. The lowest BCUT2D eigenvalue weighted by Crippen LogP contribution is -2.05. The van der Waals surface area contributed by atoms with Gasteiger partial charge < -0.3 is 4.57 Å². The Morgan fingerprint density at radius 3 is 2.89 bits per heavy atom. The molecule has 0 fully saturated rings. The van der Waals surface area contributed by atoms with Gasteiger partial charge in [-0.2, -0.15) is 11.8 Å². The number of aryl methyl sites for hydroxylation is 3. The number of nitrogens with zero attached hydrogens (tertiary/aromatic N) is 2. The fraction of sp³-hybridized carbons (Fsp3) is 0.533. The third kappa shape index (κ3) is 3.67. The number of halogens is 1. The fourth-order valence-electron chi connectivity index (χ4n) is 2.33. The molecule has 0 saturated heterocycles. The minimum atomic E-state index is 0.632. The van der Waals surface area contributed by atoms with Crippen LogP contribution in [0.3, 0.4) is 0 Å². The van der Waals surface area contributed by atoms with Crippen LogP contribution in [0.25, 0.3) is 11.0 Å². The molecule has 0 N–H and O–H groups in total. The van der Waals surface area contributed by atoms with Crippen LogP contribution in [0.5, 0.6) is 0 Å². The minimum Gasteiger partial charge on any atom is -0.328 e. The summed E-state index contributed by atoms with van der Waals surface area (Å²) in [5, 5.41) is 0. The summed E-state index contributed by atoms with van der Waals surface area (Å²) in [5.74, 6) is 2.99. The molecule has 1 heterocycles. The van der Waals surface area contributed by atoms with Gasteiger partial charge in [0.1, 0.15) is 5.82 Å². The van der Waals surface area contributed by atoms with E-state index in [1.54, 1.807) is 0 Å². The highest BCUT2D eigenvalue weighted by Crippen LogP contribution is 2.19. The van der Waals surface area contributed by atoms with E-state index in [4.69, 9.17) is 16.6 Å². The Morgan fingerprint density at radius 1 is 1.32 bits per heavy atom. The van der Waals surface area contributed by atoms with Gasteiger partial charge in [0.25, 0.3) is 0 Å². The fourth-order valence-corrected chi connectivity index (χ4v) is 2.99. The average Bonchev–Trinajstić information content (AvgIpc) is 2.72. The third-order valence-corrected chi connectivity index (χ3v) is 4.17. The number of benzene rings is 1. The lowest BCUT2D eigenvalue weighted by Gasteiger charge is -2.08. The lowest BCUT2D eigenvalue weighted by atomic mass is 10.2. The molecule has 1 aromatic heterocycles. The van der Waals surface area contributed by atoms with E-state index in [9.17, 15) is 0 Å². The van der Waals surface area contributed by atoms with Crippen LogP contribution in [0.4, 0.5) is 0 Å². The van der Waals surface area contributed by atoms with Crippen LogP contribution in [0.2, 0.25) is 0 Å². The van der Waals surface area contributed by atoms with Gasteiger partial charge in [-0.3, -0.25) is 0 Å². The second-order valence-electron chi connectivity index (χ2n) is 4.81. The van der Waals surface area contributed by atoms with Gasteiger partial charge in [-0.15, -0.1) is 11.6 Å². The Kier molecular flexibility index (Phi) is 5.59. The Labute approximate surface area is 124 Å². The Morgan fingerprint density at radius 2 is 2.16 bits per heavy atom. The Bertz CT molecular complexity index is 536. The summed E-state index contributed by atoms with van der Waals surface area (Å²) < 4.78 is 2.34. The summed E-state index contributed by atoms with van der Waals surface area (Å²) >= 11 is 7.81. The van der Waals surface area contributed by atoms with E-state index in [1.165, 1.54) is 29.7 Å². The number of unbranched alkanes of at least 4 members (excludes halogenated alkanes) is 1. The van der Waals surface area contributed by atoms with E-state index < -0.39 is 0 Å². The topological polar surface area (TPSA) is 17.8 Å². The summed E-state index contributed by atoms with van der Waals surface area (Å²) in [4.78, 5) is 4.74. The van der Waals surface area contributed by atoms with E-state index in [-0.39, 0.29) is 0 Å². The molecule has 0 unspecified atom stereocenters. The zero-order chi connectivity index (χ0) is 13.7. The van der Waals surface area contributed by atoms with Crippen molar-refractivity contribution in [1.29, 1.82) is 0 Å². The van der Waals surface area contributed by atoms with Crippen molar-refractivity contribution in [3.05, 3.63) is 29.6 Å². The number of hydrogen-bond acceptors (Lipinski definition) is 2. The summed E-state index contributed by atoms with van der Waals surface area (Å²) in [6.07, 6.45) is 5.47. The normalized spacial score (nSPS) is 11.3. The van der Waals surface area contributed by atoms with Gasteiger partial charge >= 0.3 is 0 Å². The Hall–Kier alpha value is -0.670. The first-order valence-corrected chi connectivity index (χ1v) is 8.69. The molecule has 2 aromatic rings. The maximum atomic E-state index is 5.89. The highest BCUT2D eigenvalue weighted by molar-refractivity contribution is 7.98. The molecule has 0 aliphatic carbocycles. The zero-order valence-electron chi connectivity index (χ0n) is 11.7. The number of thioether (sulfide) groups is 1. The molecule has 0 aliphatic rings. The van der Waals surface area contributed by atoms with Gasteiger partial charge in [-0.25, -0.2) is 4.98 Å². The molecule has 19 heavy (non-hydrogen) atoms. The largest absolute Gasteiger partial charge is 0.328 e. The van der Waals surface area contributed by atoms with Crippen molar-refractivity contribution < 1.29 is 0 Å². The lowest BCUT2D eigenvalue weighted by molar-refractivity contribution is 0.623. The maximum absolute atomic E-state index is 5.89. The van der Waals surface area contributed by atoms with Crippen molar-refractivity contribution in [3.63, 3.8) is 0 Å². The van der Waals surface area contributed by atoms with Crippen molar-refractivity contribution in [2.45, 2.75) is 32.7 Å². The maximum Gasteiger partial charge on any atom is 0.111 e.